The SMILES string of the molecule is Cc1ccccc1CCCN(C)C1CCS(=O)(=O)CC1. The standard InChI is InChI=1S/C16H25NO2S/c1-14-6-3-4-7-15(14)8-5-11-17(2)16-9-12-20(18,19)13-10-16/h3-4,6-7,16H,5,8-13H2,1-2H3. The minimum absolute atomic E-state index is 0.361. The largest absolute Gasteiger partial charge is 0.303 e. The molecule has 0 N–H and O–H groups in total. The summed E-state index contributed by atoms with van der Waals surface area (Å²) >= 11 is 0. The van der Waals surface area contributed by atoms with Crippen LogP contribution in [0, 0.1) is 6.92 Å². The predicted octanol–water partition coefficient (Wildman–Crippen LogP) is 2.44. The molecule has 0 unspecified atom stereocenters. The van der Waals surface area contributed by atoms with Gasteiger partial charge in [-0.05, 0) is 57.3 Å². The Bertz CT molecular complexity index is 525. The lowest BCUT2D eigenvalue weighted by atomic mass is 10.0. The van der Waals surface area contributed by atoms with E-state index in [1.807, 2.05) is 0 Å². The summed E-state index contributed by atoms with van der Waals surface area (Å²) in [5, 5.41) is 0. The van der Waals surface area contributed by atoms with E-state index in [4.69, 9.17) is 0 Å². The maximum absolute atomic E-state index is 11.4. The Balaban J connectivity index is 1.76. The van der Waals surface area contributed by atoms with Crippen molar-refractivity contribution in [3.8, 4) is 0 Å². The Kier molecular flexibility index (Phi) is 5.22. The number of rotatable bonds is 5. The Morgan fingerprint density at radius 1 is 1.20 bits per heavy atom. The minimum atomic E-state index is -2.74. The molecule has 1 heterocycles. The fraction of sp³-hybridized carbons (Fsp3) is 0.625. The Hall–Kier alpha value is -0.870. The zero-order valence-electron chi connectivity index (χ0n) is 12.5. The van der Waals surface area contributed by atoms with Gasteiger partial charge in [0.2, 0.25) is 0 Å². The molecular formula is C16H25NO2S. The summed E-state index contributed by atoms with van der Waals surface area (Å²) < 4.78 is 22.9. The maximum atomic E-state index is 11.4. The van der Waals surface area contributed by atoms with E-state index in [9.17, 15) is 8.42 Å². The molecule has 1 aromatic rings. The van der Waals surface area contributed by atoms with E-state index < -0.39 is 9.84 Å². The summed E-state index contributed by atoms with van der Waals surface area (Å²) in [7, 11) is -0.620. The number of aryl methyl sites for hydroxylation is 2. The van der Waals surface area contributed by atoms with Gasteiger partial charge in [0.1, 0.15) is 9.84 Å². The fourth-order valence-corrected chi connectivity index (χ4v) is 4.38. The number of hydrogen-bond acceptors (Lipinski definition) is 3. The molecule has 1 fully saturated rings. The van der Waals surface area contributed by atoms with Crippen molar-refractivity contribution < 1.29 is 8.42 Å². The average Bonchev–Trinajstić information content (AvgIpc) is 2.40. The smallest absolute Gasteiger partial charge is 0.150 e. The third kappa shape index (κ3) is 4.32. The topological polar surface area (TPSA) is 37.4 Å². The van der Waals surface area contributed by atoms with Crippen LogP contribution in [0.15, 0.2) is 24.3 Å². The second-order valence-electron chi connectivity index (χ2n) is 5.89. The van der Waals surface area contributed by atoms with Crippen LogP contribution in [-0.2, 0) is 16.3 Å². The van der Waals surface area contributed by atoms with Gasteiger partial charge >= 0.3 is 0 Å². The van der Waals surface area contributed by atoms with Crippen LogP contribution >= 0.6 is 0 Å². The van der Waals surface area contributed by atoms with Gasteiger partial charge < -0.3 is 4.90 Å². The summed E-state index contributed by atoms with van der Waals surface area (Å²) in [4.78, 5) is 2.34. The van der Waals surface area contributed by atoms with Gasteiger partial charge in [-0.2, -0.15) is 0 Å². The Morgan fingerprint density at radius 2 is 1.85 bits per heavy atom. The third-order valence-electron chi connectivity index (χ3n) is 4.37. The molecular weight excluding hydrogens is 270 g/mol. The van der Waals surface area contributed by atoms with E-state index in [1.165, 1.54) is 11.1 Å². The second-order valence-corrected chi connectivity index (χ2v) is 8.20. The molecule has 112 valence electrons. The highest BCUT2D eigenvalue weighted by molar-refractivity contribution is 7.91. The zero-order chi connectivity index (χ0) is 14.6. The molecule has 0 aliphatic carbocycles. The van der Waals surface area contributed by atoms with Gasteiger partial charge in [-0.1, -0.05) is 24.3 Å². The van der Waals surface area contributed by atoms with Crippen LogP contribution in [0.4, 0.5) is 0 Å². The van der Waals surface area contributed by atoms with Crippen LogP contribution in [0.25, 0.3) is 0 Å². The first kappa shape index (κ1) is 15.5. The van der Waals surface area contributed by atoms with Crippen molar-refractivity contribution in [1.29, 1.82) is 0 Å². The lowest BCUT2D eigenvalue weighted by Crippen LogP contribution is -2.39. The van der Waals surface area contributed by atoms with E-state index in [0.717, 1.165) is 32.2 Å². The van der Waals surface area contributed by atoms with Crippen LogP contribution in [0.3, 0.4) is 0 Å². The average molecular weight is 295 g/mol. The quantitative estimate of drug-likeness (QED) is 0.837. The molecule has 3 nitrogen and oxygen atoms in total. The molecule has 4 heteroatoms. The number of benzene rings is 1. The van der Waals surface area contributed by atoms with Gasteiger partial charge in [0.05, 0.1) is 11.5 Å². The van der Waals surface area contributed by atoms with Crippen LogP contribution < -0.4 is 0 Å². The van der Waals surface area contributed by atoms with E-state index in [2.05, 4.69) is 43.1 Å². The van der Waals surface area contributed by atoms with Crippen LogP contribution in [0.2, 0.25) is 0 Å². The molecule has 0 spiro atoms. The summed E-state index contributed by atoms with van der Waals surface area (Å²) in [5.74, 6) is 0.722. The van der Waals surface area contributed by atoms with Crippen LogP contribution in [0.5, 0.6) is 0 Å². The monoisotopic (exact) mass is 295 g/mol. The molecule has 1 aliphatic rings. The van der Waals surface area contributed by atoms with E-state index in [-0.39, 0.29) is 0 Å². The van der Waals surface area contributed by atoms with Crippen molar-refractivity contribution in [3.05, 3.63) is 35.4 Å². The lowest BCUT2D eigenvalue weighted by Gasteiger charge is -2.31. The van der Waals surface area contributed by atoms with Gasteiger partial charge in [-0.3, -0.25) is 0 Å². The molecule has 1 aliphatic heterocycles. The van der Waals surface area contributed by atoms with E-state index in [0.29, 0.717) is 17.5 Å². The molecule has 1 aromatic carbocycles. The van der Waals surface area contributed by atoms with Gasteiger partial charge in [0.25, 0.3) is 0 Å². The molecule has 0 atom stereocenters. The molecule has 0 bridgehead atoms. The van der Waals surface area contributed by atoms with Crippen molar-refractivity contribution >= 4 is 9.84 Å². The predicted molar refractivity (Wildman–Crippen MR) is 83.8 cm³/mol. The number of hydrogen-bond donors (Lipinski definition) is 0. The second kappa shape index (κ2) is 6.72. The van der Waals surface area contributed by atoms with Gasteiger partial charge in [0.15, 0.2) is 0 Å². The van der Waals surface area contributed by atoms with Gasteiger partial charge in [-0.25, -0.2) is 8.42 Å². The summed E-state index contributed by atoms with van der Waals surface area (Å²) in [6.07, 6.45) is 3.82. The number of nitrogens with zero attached hydrogens (tertiary/aromatic N) is 1. The molecule has 0 aromatic heterocycles. The minimum Gasteiger partial charge on any atom is -0.303 e. The Morgan fingerprint density at radius 3 is 2.50 bits per heavy atom. The highest BCUT2D eigenvalue weighted by atomic mass is 32.2. The fourth-order valence-electron chi connectivity index (χ4n) is 2.91. The van der Waals surface area contributed by atoms with Gasteiger partial charge in [0, 0.05) is 6.04 Å². The first-order valence-corrected chi connectivity index (χ1v) is 9.25. The van der Waals surface area contributed by atoms with Crippen molar-refractivity contribution in [2.45, 2.75) is 38.6 Å². The molecule has 2 rings (SSSR count). The first-order valence-electron chi connectivity index (χ1n) is 7.43. The van der Waals surface area contributed by atoms with Crippen LogP contribution in [-0.4, -0.2) is 44.5 Å². The Labute approximate surface area is 122 Å². The molecule has 0 saturated carbocycles. The molecule has 0 radical (unpaired) electrons. The zero-order valence-corrected chi connectivity index (χ0v) is 13.3. The van der Waals surface area contributed by atoms with E-state index in [1.54, 1.807) is 0 Å². The highest BCUT2D eigenvalue weighted by Gasteiger charge is 2.25. The number of sulfone groups is 1. The van der Waals surface area contributed by atoms with Crippen molar-refractivity contribution in [2.24, 2.45) is 0 Å². The molecule has 0 amide bonds. The van der Waals surface area contributed by atoms with Crippen molar-refractivity contribution in [1.82, 2.24) is 4.90 Å². The summed E-state index contributed by atoms with van der Waals surface area (Å²) in [6, 6.07) is 8.97. The first-order chi connectivity index (χ1) is 9.48. The highest BCUT2D eigenvalue weighted by Crippen LogP contribution is 2.18. The third-order valence-corrected chi connectivity index (χ3v) is 6.08. The summed E-state index contributed by atoms with van der Waals surface area (Å²) in [6.45, 7) is 3.20. The van der Waals surface area contributed by atoms with Crippen molar-refractivity contribution in [2.75, 3.05) is 25.1 Å². The van der Waals surface area contributed by atoms with E-state index >= 15 is 0 Å². The normalized spacial score (nSPS) is 19.4. The van der Waals surface area contributed by atoms with Crippen molar-refractivity contribution in [3.63, 3.8) is 0 Å². The lowest BCUT2D eigenvalue weighted by molar-refractivity contribution is 0.224. The molecule has 20 heavy (non-hydrogen) atoms. The van der Waals surface area contributed by atoms with Gasteiger partial charge in [-0.15, -0.1) is 0 Å². The van der Waals surface area contributed by atoms with Crippen LogP contribution in [0.1, 0.15) is 30.4 Å². The molecule has 1 saturated heterocycles. The maximum Gasteiger partial charge on any atom is 0.150 e. The summed E-state index contributed by atoms with van der Waals surface area (Å²) in [5.41, 5.74) is 2.78.